The third-order valence-corrected chi connectivity index (χ3v) is 1.73. The van der Waals surface area contributed by atoms with E-state index in [1.54, 1.807) is 6.92 Å². The molecule has 0 unspecified atom stereocenters. The first-order valence-electron chi connectivity index (χ1n) is 4.23. The molecule has 0 spiro atoms. The topological polar surface area (TPSA) is 46.5 Å². The van der Waals surface area contributed by atoms with Gasteiger partial charge in [-0.3, -0.25) is 4.79 Å². The van der Waals surface area contributed by atoms with Crippen molar-refractivity contribution in [2.24, 2.45) is 0 Å². The van der Waals surface area contributed by atoms with Gasteiger partial charge in [-0.05, 0) is 26.0 Å². The van der Waals surface area contributed by atoms with Gasteiger partial charge in [-0.1, -0.05) is 0 Å². The fourth-order valence-electron chi connectivity index (χ4n) is 1.17. The summed E-state index contributed by atoms with van der Waals surface area (Å²) in [6, 6.07) is 2.20. The van der Waals surface area contributed by atoms with Crippen molar-refractivity contribution in [3.63, 3.8) is 0 Å². The zero-order chi connectivity index (χ0) is 10.7. The van der Waals surface area contributed by atoms with Crippen molar-refractivity contribution in [2.45, 2.75) is 13.8 Å². The Hall–Kier alpha value is -1.58. The predicted molar refractivity (Wildman–Crippen MR) is 49.2 cm³/mol. The Bertz CT molecular complexity index is 361. The molecule has 1 aromatic carbocycles. The molecule has 1 aromatic rings. The zero-order valence-corrected chi connectivity index (χ0v) is 8.00. The molecular formula is C10H11FO3. The van der Waals surface area contributed by atoms with Crippen LogP contribution in [0.5, 0.6) is 11.5 Å². The molecule has 0 aliphatic heterocycles. The van der Waals surface area contributed by atoms with Crippen molar-refractivity contribution in [3.05, 3.63) is 23.5 Å². The van der Waals surface area contributed by atoms with Crippen LogP contribution in [0.1, 0.15) is 24.2 Å². The summed E-state index contributed by atoms with van der Waals surface area (Å²) in [6.07, 6.45) is 0. The molecule has 0 radical (unpaired) electrons. The Morgan fingerprint density at radius 2 is 2.21 bits per heavy atom. The highest BCUT2D eigenvalue weighted by Gasteiger charge is 2.17. The van der Waals surface area contributed by atoms with Crippen LogP contribution in [-0.4, -0.2) is 17.5 Å². The van der Waals surface area contributed by atoms with E-state index in [0.717, 1.165) is 12.1 Å². The largest absolute Gasteiger partial charge is 0.507 e. The lowest BCUT2D eigenvalue weighted by Gasteiger charge is -2.09. The first kappa shape index (κ1) is 10.5. The summed E-state index contributed by atoms with van der Waals surface area (Å²) < 4.78 is 18.1. The highest BCUT2D eigenvalue weighted by molar-refractivity contribution is 5.99. The lowest BCUT2D eigenvalue weighted by molar-refractivity contribution is 0.101. The maximum Gasteiger partial charge on any atom is 0.169 e. The van der Waals surface area contributed by atoms with Crippen LogP contribution < -0.4 is 4.74 Å². The monoisotopic (exact) mass is 198 g/mol. The van der Waals surface area contributed by atoms with E-state index in [2.05, 4.69) is 0 Å². The average Bonchev–Trinajstić information content (AvgIpc) is 2.11. The Morgan fingerprint density at radius 1 is 1.57 bits per heavy atom. The van der Waals surface area contributed by atoms with Crippen LogP contribution in [0.15, 0.2) is 12.1 Å². The third kappa shape index (κ3) is 1.84. The number of ether oxygens (including phenoxy) is 1. The van der Waals surface area contributed by atoms with Gasteiger partial charge in [0, 0.05) is 0 Å². The number of halogens is 1. The first-order chi connectivity index (χ1) is 6.57. The van der Waals surface area contributed by atoms with Gasteiger partial charge in [0.15, 0.2) is 17.3 Å². The van der Waals surface area contributed by atoms with Crippen molar-refractivity contribution in [3.8, 4) is 11.5 Å². The van der Waals surface area contributed by atoms with Crippen molar-refractivity contribution in [2.75, 3.05) is 6.61 Å². The second-order valence-electron chi connectivity index (χ2n) is 2.76. The molecular weight excluding hydrogens is 187 g/mol. The second kappa shape index (κ2) is 4.09. The molecule has 0 atom stereocenters. The molecule has 0 aromatic heterocycles. The number of aromatic hydroxyl groups is 1. The quantitative estimate of drug-likeness (QED) is 0.757. The van der Waals surface area contributed by atoms with Gasteiger partial charge in [-0.15, -0.1) is 0 Å². The molecule has 0 fully saturated rings. The van der Waals surface area contributed by atoms with Crippen molar-refractivity contribution in [1.29, 1.82) is 0 Å². The van der Waals surface area contributed by atoms with E-state index in [9.17, 15) is 14.3 Å². The van der Waals surface area contributed by atoms with Gasteiger partial charge in [0.1, 0.15) is 11.3 Å². The predicted octanol–water partition coefficient (Wildman–Crippen LogP) is 2.13. The smallest absolute Gasteiger partial charge is 0.169 e. The lowest BCUT2D eigenvalue weighted by atomic mass is 10.1. The normalized spacial score (nSPS) is 9.93. The summed E-state index contributed by atoms with van der Waals surface area (Å²) in [5.74, 6) is -1.51. The van der Waals surface area contributed by atoms with E-state index >= 15 is 0 Å². The fraction of sp³-hybridized carbons (Fsp3) is 0.300. The standard InChI is InChI=1S/C10H11FO3/c1-3-14-10-7(11)4-5-8(13)9(10)6(2)12/h4-5,13H,3H2,1-2H3. The number of phenols is 1. The number of hydrogen-bond acceptors (Lipinski definition) is 3. The van der Waals surface area contributed by atoms with Gasteiger partial charge in [-0.2, -0.15) is 0 Å². The van der Waals surface area contributed by atoms with E-state index in [4.69, 9.17) is 4.74 Å². The highest BCUT2D eigenvalue weighted by atomic mass is 19.1. The maximum absolute atomic E-state index is 13.2. The number of benzene rings is 1. The van der Waals surface area contributed by atoms with Gasteiger partial charge in [0.05, 0.1) is 6.61 Å². The highest BCUT2D eigenvalue weighted by Crippen LogP contribution is 2.30. The maximum atomic E-state index is 13.2. The van der Waals surface area contributed by atoms with E-state index in [-0.39, 0.29) is 23.7 Å². The summed E-state index contributed by atoms with van der Waals surface area (Å²) in [5.41, 5.74) is -0.105. The molecule has 0 aliphatic rings. The van der Waals surface area contributed by atoms with Gasteiger partial charge >= 0.3 is 0 Å². The summed E-state index contributed by atoms with van der Waals surface area (Å²) in [4.78, 5) is 11.1. The Morgan fingerprint density at radius 3 is 2.71 bits per heavy atom. The molecule has 0 saturated carbocycles. The minimum absolute atomic E-state index is 0.105. The number of hydrogen-bond donors (Lipinski definition) is 1. The number of carbonyl (C=O) groups is 1. The van der Waals surface area contributed by atoms with Crippen molar-refractivity contribution in [1.82, 2.24) is 0 Å². The zero-order valence-electron chi connectivity index (χ0n) is 8.00. The van der Waals surface area contributed by atoms with Gasteiger partial charge < -0.3 is 9.84 Å². The van der Waals surface area contributed by atoms with Crippen LogP contribution in [0.25, 0.3) is 0 Å². The SMILES string of the molecule is CCOc1c(F)ccc(O)c1C(C)=O. The molecule has 0 saturated heterocycles. The molecule has 0 bridgehead atoms. The van der Waals surface area contributed by atoms with E-state index in [1.807, 2.05) is 0 Å². The molecule has 3 nitrogen and oxygen atoms in total. The minimum atomic E-state index is -0.644. The molecule has 1 rings (SSSR count). The number of ketones is 1. The molecule has 1 N–H and O–H groups in total. The molecule has 14 heavy (non-hydrogen) atoms. The lowest BCUT2D eigenvalue weighted by Crippen LogP contribution is -2.03. The minimum Gasteiger partial charge on any atom is -0.507 e. The summed E-state index contributed by atoms with van der Waals surface area (Å²) in [7, 11) is 0. The van der Waals surface area contributed by atoms with Gasteiger partial charge in [0.25, 0.3) is 0 Å². The summed E-state index contributed by atoms with van der Waals surface area (Å²) in [5, 5.41) is 9.35. The molecule has 0 heterocycles. The second-order valence-corrected chi connectivity index (χ2v) is 2.76. The number of carbonyl (C=O) groups excluding carboxylic acids is 1. The van der Waals surface area contributed by atoms with E-state index < -0.39 is 11.6 Å². The molecule has 76 valence electrons. The van der Waals surface area contributed by atoms with E-state index in [1.165, 1.54) is 6.92 Å². The molecule has 0 amide bonds. The third-order valence-electron chi connectivity index (χ3n) is 1.73. The van der Waals surface area contributed by atoms with E-state index in [0.29, 0.717) is 0 Å². The van der Waals surface area contributed by atoms with Crippen LogP contribution >= 0.6 is 0 Å². The Balaban J connectivity index is 3.33. The summed E-state index contributed by atoms with van der Waals surface area (Å²) in [6.45, 7) is 3.16. The van der Waals surface area contributed by atoms with Crippen molar-refractivity contribution < 1.29 is 19.0 Å². The Kier molecular flexibility index (Phi) is 3.06. The number of rotatable bonds is 3. The van der Waals surface area contributed by atoms with Gasteiger partial charge in [0.2, 0.25) is 0 Å². The molecule has 0 aliphatic carbocycles. The van der Waals surface area contributed by atoms with Crippen molar-refractivity contribution >= 4 is 5.78 Å². The average molecular weight is 198 g/mol. The fourth-order valence-corrected chi connectivity index (χ4v) is 1.17. The van der Waals surface area contributed by atoms with Crippen LogP contribution in [0.3, 0.4) is 0 Å². The molecule has 4 heteroatoms. The van der Waals surface area contributed by atoms with Crippen LogP contribution in [0, 0.1) is 5.82 Å². The number of Topliss-reactive ketones (excluding diaryl/α,β-unsaturated/α-hetero) is 1. The van der Waals surface area contributed by atoms with Gasteiger partial charge in [-0.25, -0.2) is 4.39 Å². The first-order valence-corrected chi connectivity index (χ1v) is 4.23. The number of phenolic OH excluding ortho intramolecular Hbond substituents is 1. The van der Waals surface area contributed by atoms with Crippen LogP contribution in [0.2, 0.25) is 0 Å². The summed E-state index contributed by atoms with van der Waals surface area (Å²) >= 11 is 0. The van der Waals surface area contributed by atoms with Crippen LogP contribution in [-0.2, 0) is 0 Å². The van der Waals surface area contributed by atoms with Crippen LogP contribution in [0.4, 0.5) is 4.39 Å². The Labute approximate surface area is 81.1 Å².